The SMILES string of the molecule is O=C(CC1CCOCC1)C1CNCc2ccccc21. The number of carbonyl (C=O) groups is 1. The standard InChI is InChI=1S/C16H21NO2/c18-16(9-12-5-7-19-8-6-12)15-11-17-10-13-3-1-2-4-14(13)15/h1-4,12,15,17H,5-11H2. The van der Waals surface area contributed by atoms with Crippen LogP contribution >= 0.6 is 0 Å². The lowest BCUT2D eigenvalue weighted by atomic mass is 9.83. The summed E-state index contributed by atoms with van der Waals surface area (Å²) in [6, 6.07) is 8.32. The highest BCUT2D eigenvalue weighted by Crippen LogP contribution is 2.28. The molecule has 2 aliphatic heterocycles. The molecule has 1 atom stereocenters. The second-order valence-corrected chi connectivity index (χ2v) is 5.61. The zero-order valence-corrected chi connectivity index (χ0v) is 11.2. The van der Waals surface area contributed by atoms with Crippen LogP contribution in [0.2, 0.25) is 0 Å². The molecule has 0 amide bonds. The predicted octanol–water partition coefficient (Wildman–Crippen LogP) is 2.26. The fourth-order valence-corrected chi connectivity index (χ4v) is 3.16. The summed E-state index contributed by atoms with van der Waals surface area (Å²) in [4.78, 5) is 12.5. The molecule has 0 bridgehead atoms. The molecule has 1 saturated heterocycles. The molecule has 3 nitrogen and oxygen atoms in total. The molecule has 1 unspecified atom stereocenters. The number of benzene rings is 1. The smallest absolute Gasteiger partial charge is 0.141 e. The molecule has 1 aromatic rings. The first kappa shape index (κ1) is 12.8. The summed E-state index contributed by atoms with van der Waals surface area (Å²) >= 11 is 0. The Morgan fingerprint density at radius 1 is 1.26 bits per heavy atom. The van der Waals surface area contributed by atoms with Crippen molar-refractivity contribution >= 4 is 5.78 Å². The molecule has 3 heteroatoms. The molecule has 2 heterocycles. The maximum Gasteiger partial charge on any atom is 0.141 e. The van der Waals surface area contributed by atoms with Gasteiger partial charge in [0.25, 0.3) is 0 Å². The summed E-state index contributed by atoms with van der Waals surface area (Å²) in [5.74, 6) is 0.967. The minimum atomic E-state index is 0.0489. The molecule has 0 spiro atoms. The van der Waals surface area contributed by atoms with Crippen molar-refractivity contribution in [1.82, 2.24) is 5.32 Å². The largest absolute Gasteiger partial charge is 0.381 e. The van der Waals surface area contributed by atoms with E-state index in [4.69, 9.17) is 4.74 Å². The van der Waals surface area contributed by atoms with Gasteiger partial charge in [-0.1, -0.05) is 24.3 Å². The van der Waals surface area contributed by atoms with Crippen LogP contribution in [-0.4, -0.2) is 25.5 Å². The number of rotatable bonds is 3. The summed E-state index contributed by atoms with van der Waals surface area (Å²) in [7, 11) is 0. The van der Waals surface area contributed by atoms with Crippen molar-refractivity contribution in [3.8, 4) is 0 Å². The van der Waals surface area contributed by atoms with Gasteiger partial charge in [0.15, 0.2) is 0 Å². The van der Waals surface area contributed by atoms with Crippen molar-refractivity contribution in [2.45, 2.75) is 31.7 Å². The first-order valence-electron chi connectivity index (χ1n) is 7.23. The van der Waals surface area contributed by atoms with Gasteiger partial charge in [0, 0.05) is 32.7 Å². The van der Waals surface area contributed by atoms with Crippen molar-refractivity contribution in [1.29, 1.82) is 0 Å². The zero-order valence-electron chi connectivity index (χ0n) is 11.2. The summed E-state index contributed by atoms with van der Waals surface area (Å²) in [6.07, 6.45) is 2.78. The van der Waals surface area contributed by atoms with Gasteiger partial charge in [-0.3, -0.25) is 4.79 Å². The Morgan fingerprint density at radius 2 is 2.05 bits per heavy atom. The second kappa shape index (κ2) is 5.85. The van der Waals surface area contributed by atoms with Gasteiger partial charge in [0.1, 0.15) is 5.78 Å². The third-order valence-electron chi connectivity index (χ3n) is 4.31. The fourth-order valence-electron chi connectivity index (χ4n) is 3.16. The van der Waals surface area contributed by atoms with Crippen LogP contribution < -0.4 is 5.32 Å². The van der Waals surface area contributed by atoms with Gasteiger partial charge >= 0.3 is 0 Å². The maximum atomic E-state index is 12.5. The molecule has 3 rings (SSSR count). The Balaban J connectivity index is 1.70. The van der Waals surface area contributed by atoms with Crippen LogP contribution in [0.5, 0.6) is 0 Å². The predicted molar refractivity (Wildman–Crippen MR) is 74.1 cm³/mol. The van der Waals surface area contributed by atoms with Crippen LogP contribution in [0.3, 0.4) is 0 Å². The Hall–Kier alpha value is -1.19. The van der Waals surface area contributed by atoms with Crippen molar-refractivity contribution in [3.05, 3.63) is 35.4 Å². The summed E-state index contributed by atoms with van der Waals surface area (Å²) < 4.78 is 5.36. The van der Waals surface area contributed by atoms with E-state index in [1.165, 1.54) is 11.1 Å². The van der Waals surface area contributed by atoms with Crippen LogP contribution in [-0.2, 0) is 16.1 Å². The summed E-state index contributed by atoms with van der Waals surface area (Å²) in [5.41, 5.74) is 2.51. The van der Waals surface area contributed by atoms with Gasteiger partial charge in [0.2, 0.25) is 0 Å². The van der Waals surface area contributed by atoms with Crippen molar-refractivity contribution in [2.75, 3.05) is 19.8 Å². The topological polar surface area (TPSA) is 38.3 Å². The molecular weight excluding hydrogens is 238 g/mol. The summed E-state index contributed by atoms with van der Waals surface area (Å²) in [5, 5.41) is 3.36. The number of nitrogens with one attached hydrogen (secondary N) is 1. The first-order valence-corrected chi connectivity index (χ1v) is 7.23. The van der Waals surface area contributed by atoms with E-state index < -0.39 is 0 Å². The average Bonchev–Trinajstić information content (AvgIpc) is 2.47. The molecule has 0 aliphatic carbocycles. The highest BCUT2D eigenvalue weighted by Gasteiger charge is 2.28. The average molecular weight is 259 g/mol. The minimum Gasteiger partial charge on any atom is -0.381 e. The van der Waals surface area contributed by atoms with E-state index in [9.17, 15) is 4.79 Å². The molecule has 2 aliphatic rings. The maximum absolute atomic E-state index is 12.5. The number of Topliss-reactive ketones (excluding diaryl/α,β-unsaturated/α-hetero) is 1. The van der Waals surface area contributed by atoms with Crippen LogP contribution in [0.1, 0.15) is 36.3 Å². The van der Waals surface area contributed by atoms with Crippen LogP contribution in [0.25, 0.3) is 0 Å². The fraction of sp³-hybridized carbons (Fsp3) is 0.562. The van der Waals surface area contributed by atoms with Gasteiger partial charge in [0.05, 0.1) is 5.92 Å². The molecule has 19 heavy (non-hydrogen) atoms. The van der Waals surface area contributed by atoms with Crippen molar-refractivity contribution in [3.63, 3.8) is 0 Å². The number of fused-ring (bicyclic) bond motifs is 1. The molecule has 0 aromatic heterocycles. The minimum absolute atomic E-state index is 0.0489. The van der Waals surface area contributed by atoms with E-state index in [2.05, 4.69) is 17.4 Å². The zero-order chi connectivity index (χ0) is 13.1. The van der Waals surface area contributed by atoms with E-state index in [1.54, 1.807) is 0 Å². The lowest BCUT2D eigenvalue weighted by Crippen LogP contribution is -2.33. The van der Waals surface area contributed by atoms with E-state index in [0.717, 1.165) is 39.1 Å². The molecule has 0 radical (unpaired) electrons. The number of carbonyl (C=O) groups excluding carboxylic acids is 1. The van der Waals surface area contributed by atoms with Crippen LogP contribution in [0.15, 0.2) is 24.3 Å². The third-order valence-corrected chi connectivity index (χ3v) is 4.31. The first-order chi connectivity index (χ1) is 9.34. The van der Waals surface area contributed by atoms with Gasteiger partial charge in [-0.25, -0.2) is 0 Å². The molecule has 0 saturated carbocycles. The lowest BCUT2D eigenvalue weighted by molar-refractivity contribution is -0.122. The van der Waals surface area contributed by atoms with Gasteiger partial charge in [-0.05, 0) is 29.9 Å². The summed E-state index contributed by atoms with van der Waals surface area (Å²) in [6.45, 7) is 3.31. The highest BCUT2D eigenvalue weighted by molar-refractivity contribution is 5.86. The Kier molecular flexibility index (Phi) is 3.95. The van der Waals surface area contributed by atoms with Crippen LogP contribution in [0, 0.1) is 5.92 Å². The van der Waals surface area contributed by atoms with Crippen molar-refractivity contribution in [2.24, 2.45) is 5.92 Å². The highest BCUT2D eigenvalue weighted by atomic mass is 16.5. The Bertz CT molecular complexity index is 452. The Labute approximate surface area is 114 Å². The normalized spacial score (nSPS) is 23.9. The third kappa shape index (κ3) is 2.88. The van der Waals surface area contributed by atoms with Gasteiger partial charge < -0.3 is 10.1 Å². The lowest BCUT2D eigenvalue weighted by Gasteiger charge is -2.28. The van der Waals surface area contributed by atoms with E-state index >= 15 is 0 Å². The second-order valence-electron chi connectivity index (χ2n) is 5.61. The van der Waals surface area contributed by atoms with Crippen molar-refractivity contribution < 1.29 is 9.53 Å². The van der Waals surface area contributed by atoms with E-state index in [0.29, 0.717) is 18.1 Å². The Morgan fingerprint density at radius 3 is 2.89 bits per heavy atom. The molecule has 1 N–H and O–H groups in total. The number of ketones is 1. The molecule has 1 aromatic carbocycles. The molecule has 1 fully saturated rings. The number of hydrogen-bond donors (Lipinski definition) is 1. The molecular formula is C16H21NO2. The van der Waals surface area contributed by atoms with Gasteiger partial charge in [-0.2, -0.15) is 0 Å². The monoisotopic (exact) mass is 259 g/mol. The number of hydrogen-bond acceptors (Lipinski definition) is 3. The van der Waals surface area contributed by atoms with Gasteiger partial charge in [-0.15, -0.1) is 0 Å². The van der Waals surface area contributed by atoms with E-state index in [1.807, 2.05) is 12.1 Å². The van der Waals surface area contributed by atoms with Crippen LogP contribution in [0.4, 0.5) is 0 Å². The quantitative estimate of drug-likeness (QED) is 0.905. The molecule has 102 valence electrons. The van der Waals surface area contributed by atoms with E-state index in [-0.39, 0.29) is 5.92 Å². The number of ether oxygens (including phenoxy) is 1.